The molecule has 2 aliphatic rings. The Labute approximate surface area is 122 Å². The Morgan fingerprint density at radius 1 is 1.20 bits per heavy atom. The number of nitrogens with zero attached hydrogens (tertiary/aromatic N) is 3. The third-order valence-corrected chi connectivity index (χ3v) is 4.96. The smallest absolute Gasteiger partial charge is 0.203 e. The van der Waals surface area contributed by atoms with Gasteiger partial charge in [-0.2, -0.15) is 0 Å². The standard InChI is InChI=1S/C16H28N4/c1-14(19-10-5-6-11-19)13-18-16-17-9-12-20(16)15-7-3-2-4-8-15/h9,12,14-15H,2-8,10-11,13H2,1H3,(H,17,18). The van der Waals surface area contributed by atoms with E-state index in [-0.39, 0.29) is 0 Å². The summed E-state index contributed by atoms with van der Waals surface area (Å²) in [5.74, 6) is 1.07. The number of likely N-dealkylation sites (tertiary alicyclic amines) is 1. The highest BCUT2D eigenvalue weighted by Gasteiger charge is 2.20. The lowest BCUT2D eigenvalue weighted by molar-refractivity contribution is 0.268. The number of nitrogens with one attached hydrogen (secondary N) is 1. The zero-order valence-electron chi connectivity index (χ0n) is 12.7. The van der Waals surface area contributed by atoms with Crippen molar-refractivity contribution in [2.45, 2.75) is 64.0 Å². The van der Waals surface area contributed by atoms with E-state index in [0.717, 1.165) is 12.5 Å². The van der Waals surface area contributed by atoms with Gasteiger partial charge in [0.25, 0.3) is 0 Å². The highest BCUT2D eigenvalue weighted by atomic mass is 15.2. The van der Waals surface area contributed by atoms with E-state index in [0.29, 0.717) is 12.1 Å². The molecular formula is C16H28N4. The van der Waals surface area contributed by atoms with E-state index in [4.69, 9.17) is 0 Å². The van der Waals surface area contributed by atoms with Gasteiger partial charge < -0.3 is 9.88 Å². The molecule has 1 aliphatic heterocycles. The van der Waals surface area contributed by atoms with Crippen LogP contribution < -0.4 is 5.32 Å². The summed E-state index contributed by atoms with van der Waals surface area (Å²) in [6.45, 7) is 5.86. The van der Waals surface area contributed by atoms with Crippen LogP contribution in [0, 0.1) is 0 Å². The highest BCUT2D eigenvalue weighted by Crippen LogP contribution is 2.30. The van der Waals surface area contributed by atoms with Crippen molar-refractivity contribution in [3.05, 3.63) is 12.4 Å². The zero-order chi connectivity index (χ0) is 13.8. The maximum atomic E-state index is 4.52. The van der Waals surface area contributed by atoms with Crippen molar-refractivity contribution in [2.75, 3.05) is 25.0 Å². The van der Waals surface area contributed by atoms with Gasteiger partial charge in [0.05, 0.1) is 0 Å². The SMILES string of the molecule is CC(CNc1nccn1C1CCCCC1)N1CCCC1. The maximum absolute atomic E-state index is 4.52. The predicted molar refractivity (Wildman–Crippen MR) is 83.1 cm³/mol. The van der Waals surface area contributed by atoms with Crippen molar-refractivity contribution in [3.8, 4) is 0 Å². The van der Waals surface area contributed by atoms with Crippen molar-refractivity contribution >= 4 is 5.95 Å². The molecule has 112 valence electrons. The van der Waals surface area contributed by atoms with E-state index in [9.17, 15) is 0 Å². The first-order valence-corrected chi connectivity index (χ1v) is 8.35. The molecule has 1 saturated heterocycles. The Morgan fingerprint density at radius 2 is 1.95 bits per heavy atom. The minimum atomic E-state index is 0.606. The van der Waals surface area contributed by atoms with E-state index in [1.165, 1.54) is 58.0 Å². The molecule has 0 spiro atoms. The molecule has 1 atom stereocenters. The second-order valence-corrected chi connectivity index (χ2v) is 6.42. The molecule has 1 N–H and O–H groups in total. The zero-order valence-corrected chi connectivity index (χ0v) is 12.7. The van der Waals surface area contributed by atoms with Gasteiger partial charge >= 0.3 is 0 Å². The van der Waals surface area contributed by atoms with Crippen LogP contribution in [0.5, 0.6) is 0 Å². The number of imidazole rings is 1. The Hall–Kier alpha value is -1.03. The molecule has 1 saturated carbocycles. The molecular weight excluding hydrogens is 248 g/mol. The fraction of sp³-hybridized carbons (Fsp3) is 0.812. The molecule has 1 aromatic heterocycles. The van der Waals surface area contributed by atoms with Crippen LogP contribution in [0.3, 0.4) is 0 Å². The van der Waals surface area contributed by atoms with Gasteiger partial charge in [-0.3, -0.25) is 4.90 Å². The normalized spacial score (nSPS) is 23.1. The Morgan fingerprint density at radius 3 is 2.70 bits per heavy atom. The largest absolute Gasteiger partial charge is 0.354 e. The molecule has 0 amide bonds. The quantitative estimate of drug-likeness (QED) is 0.896. The van der Waals surface area contributed by atoms with E-state index < -0.39 is 0 Å². The van der Waals surface area contributed by atoms with E-state index >= 15 is 0 Å². The second-order valence-electron chi connectivity index (χ2n) is 6.42. The number of anilines is 1. The number of hydrogen-bond donors (Lipinski definition) is 1. The molecule has 4 nitrogen and oxygen atoms in total. The molecule has 2 fully saturated rings. The predicted octanol–water partition coefficient (Wildman–Crippen LogP) is 3.28. The summed E-state index contributed by atoms with van der Waals surface area (Å²) in [6, 6.07) is 1.27. The molecule has 20 heavy (non-hydrogen) atoms. The van der Waals surface area contributed by atoms with Crippen molar-refractivity contribution in [2.24, 2.45) is 0 Å². The summed E-state index contributed by atoms with van der Waals surface area (Å²) in [4.78, 5) is 7.11. The van der Waals surface area contributed by atoms with Crippen molar-refractivity contribution in [1.82, 2.24) is 14.5 Å². The number of aromatic nitrogens is 2. The van der Waals surface area contributed by atoms with Gasteiger partial charge in [-0.25, -0.2) is 4.98 Å². The van der Waals surface area contributed by atoms with Crippen LogP contribution in [-0.4, -0.2) is 40.1 Å². The Kier molecular flexibility index (Phi) is 4.61. The first-order chi connectivity index (χ1) is 9.84. The Bertz CT molecular complexity index is 402. The summed E-state index contributed by atoms with van der Waals surface area (Å²) in [6.07, 6.45) is 13.6. The van der Waals surface area contributed by atoms with Gasteiger partial charge in [-0.1, -0.05) is 19.3 Å². The van der Waals surface area contributed by atoms with Gasteiger partial charge in [0.15, 0.2) is 0 Å². The maximum Gasteiger partial charge on any atom is 0.203 e. The summed E-state index contributed by atoms with van der Waals surface area (Å²) in [5.41, 5.74) is 0. The van der Waals surface area contributed by atoms with Crippen LogP contribution in [-0.2, 0) is 0 Å². The van der Waals surface area contributed by atoms with Crippen LogP contribution >= 0.6 is 0 Å². The van der Waals surface area contributed by atoms with E-state index in [2.05, 4.69) is 32.9 Å². The van der Waals surface area contributed by atoms with Crippen molar-refractivity contribution in [3.63, 3.8) is 0 Å². The third kappa shape index (κ3) is 3.17. The molecule has 1 aromatic rings. The topological polar surface area (TPSA) is 33.1 Å². The number of rotatable bonds is 5. The summed E-state index contributed by atoms with van der Waals surface area (Å²) >= 11 is 0. The van der Waals surface area contributed by atoms with Crippen LogP contribution in [0.15, 0.2) is 12.4 Å². The molecule has 1 unspecified atom stereocenters. The average molecular weight is 276 g/mol. The van der Waals surface area contributed by atoms with Crippen molar-refractivity contribution in [1.29, 1.82) is 0 Å². The average Bonchev–Trinajstić information content (AvgIpc) is 3.17. The lowest BCUT2D eigenvalue weighted by Gasteiger charge is -2.27. The first kappa shape index (κ1) is 13.9. The van der Waals surface area contributed by atoms with Crippen LogP contribution in [0.25, 0.3) is 0 Å². The minimum Gasteiger partial charge on any atom is -0.354 e. The van der Waals surface area contributed by atoms with Crippen LogP contribution in [0.4, 0.5) is 5.95 Å². The second kappa shape index (κ2) is 6.61. The summed E-state index contributed by atoms with van der Waals surface area (Å²) in [7, 11) is 0. The fourth-order valence-electron chi connectivity index (χ4n) is 3.65. The molecule has 0 bridgehead atoms. The highest BCUT2D eigenvalue weighted by molar-refractivity contribution is 5.27. The van der Waals surface area contributed by atoms with Gasteiger partial charge in [-0.05, 0) is 45.7 Å². The fourth-order valence-corrected chi connectivity index (χ4v) is 3.65. The summed E-state index contributed by atoms with van der Waals surface area (Å²) in [5, 5.41) is 3.58. The van der Waals surface area contributed by atoms with Gasteiger partial charge in [-0.15, -0.1) is 0 Å². The third-order valence-electron chi connectivity index (χ3n) is 4.96. The molecule has 1 aliphatic carbocycles. The van der Waals surface area contributed by atoms with Gasteiger partial charge in [0, 0.05) is 31.0 Å². The molecule has 3 rings (SSSR count). The monoisotopic (exact) mass is 276 g/mol. The molecule has 0 radical (unpaired) electrons. The Balaban J connectivity index is 1.55. The van der Waals surface area contributed by atoms with Crippen LogP contribution in [0.1, 0.15) is 57.9 Å². The summed E-state index contributed by atoms with van der Waals surface area (Å²) < 4.78 is 2.37. The van der Waals surface area contributed by atoms with Crippen LogP contribution in [0.2, 0.25) is 0 Å². The minimum absolute atomic E-state index is 0.606. The van der Waals surface area contributed by atoms with E-state index in [1.807, 2.05) is 6.20 Å². The van der Waals surface area contributed by atoms with E-state index in [1.54, 1.807) is 0 Å². The number of hydrogen-bond acceptors (Lipinski definition) is 3. The van der Waals surface area contributed by atoms with Gasteiger partial charge in [0.2, 0.25) is 5.95 Å². The molecule has 0 aromatic carbocycles. The van der Waals surface area contributed by atoms with Crippen molar-refractivity contribution < 1.29 is 0 Å². The first-order valence-electron chi connectivity index (χ1n) is 8.35. The lowest BCUT2D eigenvalue weighted by Crippen LogP contribution is -2.36. The lowest BCUT2D eigenvalue weighted by atomic mass is 9.95. The molecule has 4 heteroatoms. The van der Waals surface area contributed by atoms with Gasteiger partial charge in [0.1, 0.15) is 0 Å². The molecule has 2 heterocycles.